The van der Waals surface area contributed by atoms with E-state index in [9.17, 15) is 0 Å². The summed E-state index contributed by atoms with van der Waals surface area (Å²) in [5.41, 5.74) is 0. The highest BCUT2D eigenvalue weighted by atomic mass is 15.3. The first-order chi connectivity index (χ1) is 8.06. The molecule has 0 amide bonds. The van der Waals surface area contributed by atoms with Crippen LogP contribution in [0.15, 0.2) is 0 Å². The zero-order valence-corrected chi connectivity index (χ0v) is 11.6. The van der Waals surface area contributed by atoms with Gasteiger partial charge < -0.3 is 0 Å². The van der Waals surface area contributed by atoms with Gasteiger partial charge in [-0.1, -0.05) is 6.92 Å². The van der Waals surface area contributed by atoms with Crippen molar-refractivity contribution in [2.24, 2.45) is 0 Å². The van der Waals surface area contributed by atoms with Gasteiger partial charge in [-0.25, -0.2) is 0 Å². The molecule has 2 unspecified atom stereocenters. The monoisotopic (exact) mass is 238 g/mol. The number of likely N-dealkylation sites (N-methyl/N-ethyl adjacent to an activating group) is 1. The smallest absolute Gasteiger partial charge is 0.108 e. The topological polar surface area (TPSA) is 42.3 Å². The summed E-state index contributed by atoms with van der Waals surface area (Å²) in [5, 5.41) is 12.4. The Morgan fingerprint density at radius 1 is 1.41 bits per heavy atom. The molecular formula is C13H26N4. The molecule has 0 aromatic carbocycles. The molecule has 0 aliphatic carbocycles. The number of hydrogen-bond acceptors (Lipinski definition) is 4. The van der Waals surface area contributed by atoms with Crippen molar-refractivity contribution in [2.45, 2.75) is 45.8 Å². The third-order valence-corrected chi connectivity index (χ3v) is 3.39. The summed E-state index contributed by atoms with van der Waals surface area (Å²) < 4.78 is 0. The van der Waals surface area contributed by atoms with Gasteiger partial charge in [0, 0.05) is 38.3 Å². The van der Waals surface area contributed by atoms with Crippen LogP contribution in [0.3, 0.4) is 0 Å². The molecule has 4 nitrogen and oxygen atoms in total. The first kappa shape index (κ1) is 14.4. The third-order valence-electron chi connectivity index (χ3n) is 3.39. The molecule has 1 aliphatic heterocycles. The van der Waals surface area contributed by atoms with E-state index >= 15 is 0 Å². The molecule has 17 heavy (non-hydrogen) atoms. The van der Waals surface area contributed by atoms with E-state index in [4.69, 9.17) is 5.26 Å². The molecule has 0 radical (unpaired) electrons. The van der Waals surface area contributed by atoms with Crippen molar-refractivity contribution in [3.63, 3.8) is 0 Å². The molecule has 0 spiro atoms. The molecule has 2 atom stereocenters. The quantitative estimate of drug-likeness (QED) is 0.773. The first-order valence-corrected chi connectivity index (χ1v) is 6.68. The Hall–Kier alpha value is -0.630. The predicted octanol–water partition coefficient (Wildman–Crippen LogP) is 0.903. The Morgan fingerprint density at radius 3 is 2.59 bits per heavy atom. The van der Waals surface area contributed by atoms with Crippen LogP contribution in [0.5, 0.6) is 0 Å². The number of nitriles is 1. The molecule has 0 saturated carbocycles. The molecule has 4 heteroatoms. The molecule has 1 rings (SSSR count). The second kappa shape index (κ2) is 6.95. The number of rotatable bonds is 5. The SMILES string of the molecule is CCN1CCN(CC(C#N)NC(C)C)CC1C. The van der Waals surface area contributed by atoms with Gasteiger partial charge in [0.1, 0.15) is 6.04 Å². The van der Waals surface area contributed by atoms with E-state index in [-0.39, 0.29) is 6.04 Å². The van der Waals surface area contributed by atoms with Crippen LogP contribution in [-0.4, -0.2) is 60.6 Å². The van der Waals surface area contributed by atoms with Gasteiger partial charge in [0.05, 0.1) is 6.07 Å². The van der Waals surface area contributed by atoms with Gasteiger partial charge in [0.15, 0.2) is 0 Å². The number of piperazine rings is 1. The highest BCUT2D eigenvalue weighted by Crippen LogP contribution is 2.09. The third kappa shape index (κ3) is 4.63. The standard InChI is InChI=1S/C13H26N4/c1-5-17-7-6-16(9-12(17)4)10-13(8-14)15-11(2)3/h11-13,15H,5-7,9-10H2,1-4H3. The highest BCUT2D eigenvalue weighted by Gasteiger charge is 2.24. The van der Waals surface area contributed by atoms with E-state index in [2.05, 4.69) is 48.9 Å². The lowest BCUT2D eigenvalue weighted by Gasteiger charge is -2.40. The molecule has 0 aromatic heterocycles. The Morgan fingerprint density at radius 2 is 2.12 bits per heavy atom. The summed E-state index contributed by atoms with van der Waals surface area (Å²) in [6, 6.07) is 3.28. The van der Waals surface area contributed by atoms with Crippen LogP contribution in [0.2, 0.25) is 0 Å². The average molecular weight is 238 g/mol. The van der Waals surface area contributed by atoms with Crippen LogP contribution in [-0.2, 0) is 0 Å². The highest BCUT2D eigenvalue weighted by molar-refractivity contribution is 4.94. The van der Waals surface area contributed by atoms with Crippen LogP contribution in [0.1, 0.15) is 27.7 Å². The van der Waals surface area contributed by atoms with Crippen LogP contribution < -0.4 is 5.32 Å². The molecule has 1 aliphatic rings. The van der Waals surface area contributed by atoms with Crippen LogP contribution in [0.25, 0.3) is 0 Å². The van der Waals surface area contributed by atoms with Crippen molar-refractivity contribution < 1.29 is 0 Å². The van der Waals surface area contributed by atoms with Crippen molar-refractivity contribution >= 4 is 0 Å². The summed E-state index contributed by atoms with van der Waals surface area (Å²) in [6.45, 7) is 13.9. The number of nitrogens with one attached hydrogen (secondary N) is 1. The van der Waals surface area contributed by atoms with Crippen molar-refractivity contribution in [3.8, 4) is 6.07 Å². The second-order valence-corrected chi connectivity index (χ2v) is 5.24. The molecule has 1 saturated heterocycles. The van der Waals surface area contributed by atoms with Crippen molar-refractivity contribution in [2.75, 3.05) is 32.7 Å². The lowest BCUT2D eigenvalue weighted by Crippen LogP contribution is -2.54. The summed E-state index contributed by atoms with van der Waals surface area (Å²) in [4.78, 5) is 4.90. The van der Waals surface area contributed by atoms with Gasteiger partial charge in [0.2, 0.25) is 0 Å². The Labute approximate surface area is 106 Å². The zero-order valence-electron chi connectivity index (χ0n) is 11.6. The average Bonchev–Trinajstić information content (AvgIpc) is 2.27. The Bertz CT molecular complexity index is 259. The van der Waals surface area contributed by atoms with E-state index in [0.717, 1.165) is 32.7 Å². The number of nitrogens with zero attached hydrogens (tertiary/aromatic N) is 3. The summed E-state index contributed by atoms with van der Waals surface area (Å²) in [5.74, 6) is 0. The molecule has 0 bridgehead atoms. The van der Waals surface area contributed by atoms with Gasteiger partial charge in [-0.15, -0.1) is 0 Å². The van der Waals surface area contributed by atoms with Gasteiger partial charge in [-0.3, -0.25) is 15.1 Å². The van der Waals surface area contributed by atoms with E-state index in [1.54, 1.807) is 0 Å². The van der Waals surface area contributed by atoms with E-state index < -0.39 is 0 Å². The van der Waals surface area contributed by atoms with E-state index in [1.165, 1.54) is 0 Å². The van der Waals surface area contributed by atoms with Gasteiger partial charge in [-0.05, 0) is 27.3 Å². The van der Waals surface area contributed by atoms with Crippen LogP contribution in [0.4, 0.5) is 0 Å². The van der Waals surface area contributed by atoms with Crippen molar-refractivity contribution in [3.05, 3.63) is 0 Å². The Balaban J connectivity index is 2.40. The van der Waals surface area contributed by atoms with Gasteiger partial charge >= 0.3 is 0 Å². The molecule has 98 valence electrons. The molecule has 1 fully saturated rings. The molecule has 1 N–H and O–H groups in total. The fourth-order valence-electron chi connectivity index (χ4n) is 2.50. The summed E-state index contributed by atoms with van der Waals surface area (Å²) in [7, 11) is 0. The summed E-state index contributed by atoms with van der Waals surface area (Å²) in [6.07, 6.45) is 0. The fourth-order valence-corrected chi connectivity index (χ4v) is 2.50. The minimum Gasteiger partial charge on any atom is -0.299 e. The lowest BCUT2D eigenvalue weighted by atomic mass is 10.1. The largest absolute Gasteiger partial charge is 0.299 e. The zero-order chi connectivity index (χ0) is 12.8. The first-order valence-electron chi connectivity index (χ1n) is 6.68. The Kier molecular flexibility index (Phi) is 5.90. The summed E-state index contributed by atoms with van der Waals surface area (Å²) >= 11 is 0. The molecular weight excluding hydrogens is 212 g/mol. The van der Waals surface area contributed by atoms with E-state index in [1.807, 2.05) is 0 Å². The molecule has 1 heterocycles. The van der Waals surface area contributed by atoms with Crippen LogP contribution in [0, 0.1) is 11.3 Å². The molecule has 0 aromatic rings. The van der Waals surface area contributed by atoms with Crippen LogP contribution >= 0.6 is 0 Å². The van der Waals surface area contributed by atoms with Gasteiger partial charge in [-0.2, -0.15) is 5.26 Å². The maximum absolute atomic E-state index is 9.12. The number of hydrogen-bond donors (Lipinski definition) is 1. The fraction of sp³-hybridized carbons (Fsp3) is 0.923. The maximum atomic E-state index is 9.12. The maximum Gasteiger partial charge on any atom is 0.108 e. The van der Waals surface area contributed by atoms with Crippen molar-refractivity contribution in [1.82, 2.24) is 15.1 Å². The van der Waals surface area contributed by atoms with Crippen molar-refractivity contribution in [1.29, 1.82) is 5.26 Å². The van der Waals surface area contributed by atoms with Gasteiger partial charge in [0.25, 0.3) is 0 Å². The lowest BCUT2D eigenvalue weighted by molar-refractivity contribution is 0.0844. The second-order valence-electron chi connectivity index (χ2n) is 5.24. The van der Waals surface area contributed by atoms with E-state index in [0.29, 0.717) is 12.1 Å². The normalized spacial score (nSPS) is 24.8. The minimum absolute atomic E-state index is 0.0459. The predicted molar refractivity (Wildman–Crippen MR) is 70.8 cm³/mol. The minimum atomic E-state index is -0.0459.